The van der Waals surface area contributed by atoms with Crippen molar-refractivity contribution in [1.29, 1.82) is 0 Å². The number of benzene rings is 1. The molecule has 0 bridgehead atoms. The van der Waals surface area contributed by atoms with Crippen molar-refractivity contribution in [2.75, 3.05) is 44.8 Å². The van der Waals surface area contributed by atoms with Crippen LogP contribution in [-0.2, 0) is 25.6 Å². The van der Waals surface area contributed by atoms with E-state index in [2.05, 4.69) is 10.6 Å². The van der Waals surface area contributed by atoms with Crippen LogP contribution in [0.4, 0.5) is 5.69 Å². The normalized spacial score (nSPS) is 17.2. The first-order valence-corrected chi connectivity index (χ1v) is 8.09. The Kier molecular flexibility index (Phi) is 9.90. The van der Waals surface area contributed by atoms with Gasteiger partial charge in [-0.15, -0.1) is 12.4 Å². The van der Waals surface area contributed by atoms with E-state index in [1.54, 1.807) is 0 Å². The summed E-state index contributed by atoms with van der Waals surface area (Å²) in [6, 6.07) is 5.82. The van der Waals surface area contributed by atoms with Gasteiger partial charge in [-0.25, -0.2) is 0 Å². The molecular formula is C17H27ClN2O4. The molecule has 6 nitrogen and oxygen atoms in total. The van der Waals surface area contributed by atoms with Gasteiger partial charge < -0.3 is 24.8 Å². The van der Waals surface area contributed by atoms with Crippen LogP contribution in [0.2, 0.25) is 0 Å². The zero-order valence-corrected chi connectivity index (χ0v) is 15.1. The third kappa shape index (κ3) is 6.37. The summed E-state index contributed by atoms with van der Waals surface area (Å²) in [6.07, 6.45) is -0.436. The Morgan fingerprint density at radius 2 is 2.17 bits per heavy atom. The molecule has 1 aromatic carbocycles. The molecule has 2 rings (SSSR count). The third-order valence-electron chi connectivity index (χ3n) is 3.76. The Morgan fingerprint density at radius 1 is 1.38 bits per heavy atom. The van der Waals surface area contributed by atoms with E-state index in [0.29, 0.717) is 39.6 Å². The molecular weight excluding hydrogens is 332 g/mol. The van der Waals surface area contributed by atoms with Crippen molar-refractivity contribution < 1.29 is 19.0 Å². The molecule has 2 N–H and O–H groups in total. The number of anilines is 1. The fourth-order valence-electron chi connectivity index (χ4n) is 2.37. The lowest BCUT2D eigenvalue weighted by Crippen LogP contribution is -2.45. The third-order valence-corrected chi connectivity index (χ3v) is 3.76. The van der Waals surface area contributed by atoms with Gasteiger partial charge in [0.25, 0.3) is 5.91 Å². The summed E-state index contributed by atoms with van der Waals surface area (Å²) >= 11 is 0. The maximum Gasteiger partial charge on any atom is 0.254 e. The number of ether oxygens (including phenoxy) is 3. The minimum absolute atomic E-state index is 0. The van der Waals surface area contributed by atoms with Gasteiger partial charge in [-0.05, 0) is 31.0 Å². The molecule has 1 aromatic rings. The van der Waals surface area contributed by atoms with Gasteiger partial charge in [0.2, 0.25) is 0 Å². The van der Waals surface area contributed by atoms with Crippen LogP contribution in [0.3, 0.4) is 0 Å². The van der Waals surface area contributed by atoms with Gasteiger partial charge in [-0.3, -0.25) is 4.79 Å². The minimum atomic E-state index is -0.436. The molecule has 0 radical (unpaired) electrons. The predicted octanol–water partition coefficient (Wildman–Crippen LogP) is 1.90. The summed E-state index contributed by atoms with van der Waals surface area (Å²) in [5.74, 6) is -0.116. The molecule has 0 aliphatic carbocycles. The van der Waals surface area contributed by atoms with Crippen molar-refractivity contribution in [3.05, 3.63) is 29.3 Å². The predicted molar refractivity (Wildman–Crippen MR) is 95.8 cm³/mol. The highest BCUT2D eigenvalue weighted by Crippen LogP contribution is 2.20. The molecule has 1 atom stereocenters. The second-order valence-corrected chi connectivity index (χ2v) is 5.39. The van der Waals surface area contributed by atoms with Gasteiger partial charge in [-0.1, -0.05) is 12.1 Å². The highest BCUT2D eigenvalue weighted by Gasteiger charge is 2.22. The number of rotatable bonds is 8. The van der Waals surface area contributed by atoms with Gasteiger partial charge in [0, 0.05) is 25.4 Å². The number of halogens is 1. The minimum Gasteiger partial charge on any atom is -0.379 e. The van der Waals surface area contributed by atoms with Gasteiger partial charge in [-0.2, -0.15) is 0 Å². The number of morpholine rings is 1. The molecule has 1 unspecified atom stereocenters. The lowest BCUT2D eigenvalue weighted by atomic mass is 10.1. The largest absolute Gasteiger partial charge is 0.379 e. The fourth-order valence-corrected chi connectivity index (χ4v) is 2.37. The van der Waals surface area contributed by atoms with Crippen molar-refractivity contribution in [2.24, 2.45) is 0 Å². The van der Waals surface area contributed by atoms with E-state index in [1.165, 1.54) is 0 Å². The van der Waals surface area contributed by atoms with Crippen molar-refractivity contribution in [3.63, 3.8) is 0 Å². The van der Waals surface area contributed by atoms with E-state index in [4.69, 9.17) is 14.2 Å². The van der Waals surface area contributed by atoms with Crippen LogP contribution in [0.5, 0.6) is 0 Å². The van der Waals surface area contributed by atoms with Gasteiger partial charge >= 0.3 is 0 Å². The van der Waals surface area contributed by atoms with Crippen LogP contribution in [-0.4, -0.2) is 51.5 Å². The second-order valence-electron chi connectivity index (χ2n) is 5.39. The summed E-state index contributed by atoms with van der Waals surface area (Å²) in [5.41, 5.74) is 2.87. The number of hydrogen-bond acceptors (Lipinski definition) is 5. The van der Waals surface area contributed by atoms with Crippen LogP contribution in [0.1, 0.15) is 18.1 Å². The average Bonchev–Trinajstić information content (AvgIpc) is 2.58. The maximum atomic E-state index is 12.2. The summed E-state index contributed by atoms with van der Waals surface area (Å²) < 4.78 is 16.3. The first-order chi connectivity index (χ1) is 11.2. The molecule has 1 aliphatic heterocycles. The van der Waals surface area contributed by atoms with Crippen LogP contribution in [0, 0.1) is 6.92 Å². The molecule has 1 aliphatic rings. The van der Waals surface area contributed by atoms with Gasteiger partial charge in [0.05, 0.1) is 26.4 Å². The summed E-state index contributed by atoms with van der Waals surface area (Å²) in [5, 5.41) is 6.10. The Morgan fingerprint density at radius 3 is 2.88 bits per heavy atom. The van der Waals surface area contributed by atoms with Crippen LogP contribution < -0.4 is 10.6 Å². The first kappa shape index (κ1) is 20.9. The van der Waals surface area contributed by atoms with E-state index in [1.807, 2.05) is 32.0 Å². The zero-order valence-electron chi connectivity index (χ0n) is 14.3. The lowest BCUT2D eigenvalue weighted by molar-refractivity contribution is -0.128. The zero-order chi connectivity index (χ0) is 16.5. The lowest BCUT2D eigenvalue weighted by Gasteiger charge is -2.23. The fraction of sp³-hybridized carbons (Fsp3) is 0.588. The number of amides is 1. The van der Waals surface area contributed by atoms with Crippen LogP contribution in [0.25, 0.3) is 0 Å². The smallest absolute Gasteiger partial charge is 0.254 e. The first-order valence-electron chi connectivity index (χ1n) is 8.09. The Hall–Kier alpha value is -1.18. The SMILES string of the molecule is CCOCCOCc1cccc(NC(=O)C2CNCCO2)c1C.Cl. The summed E-state index contributed by atoms with van der Waals surface area (Å²) in [6.45, 7) is 8.20. The van der Waals surface area contributed by atoms with Crippen molar-refractivity contribution in [2.45, 2.75) is 26.6 Å². The molecule has 1 heterocycles. The molecule has 0 spiro atoms. The highest BCUT2D eigenvalue weighted by atomic mass is 35.5. The molecule has 24 heavy (non-hydrogen) atoms. The summed E-state index contributed by atoms with van der Waals surface area (Å²) in [4.78, 5) is 12.2. The van der Waals surface area contributed by atoms with E-state index in [-0.39, 0.29) is 18.3 Å². The maximum absolute atomic E-state index is 12.2. The van der Waals surface area contributed by atoms with E-state index >= 15 is 0 Å². The van der Waals surface area contributed by atoms with E-state index < -0.39 is 6.10 Å². The molecule has 1 saturated heterocycles. The average molecular weight is 359 g/mol. The van der Waals surface area contributed by atoms with Crippen LogP contribution >= 0.6 is 12.4 Å². The highest BCUT2D eigenvalue weighted by molar-refractivity contribution is 5.95. The monoisotopic (exact) mass is 358 g/mol. The number of nitrogens with one attached hydrogen (secondary N) is 2. The van der Waals surface area contributed by atoms with Crippen molar-refractivity contribution >= 4 is 24.0 Å². The number of carbonyl (C=O) groups is 1. The van der Waals surface area contributed by atoms with E-state index in [0.717, 1.165) is 23.4 Å². The van der Waals surface area contributed by atoms with Crippen molar-refractivity contribution in [3.8, 4) is 0 Å². The number of hydrogen-bond donors (Lipinski definition) is 2. The number of carbonyl (C=O) groups excluding carboxylic acids is 1. The molecule has 136 valence electrons. The standard InChI is InChI=1S/C17H26N2O4.ClH/c1-3-21-9-10-22-12-14-5-4-6-15(13(14)2)19-17(20)16-11-18-7-8-23-16;/h4-6,16,18H,3,7-12H2,1-2H3,(H,19,20);1H. The summed E-state index contributed by atoms with van der Waals surface area (Å²) in [7, 11) is 0. The molecule has 7 heteroatoms. The van der Waals surface area contributed by atoms with E-state index in [9.17, 15) is 4.79 Å². The van der Waals surface area contributed by atoms with Gasteiger partial charge in [0.15, 0.2) is 0 Å². The topological polar surface area (TPSA) is 68.8 Å². The Bertz CT molecular complexity index is 507. The Labute approximate surface area is 149 Å². The van der Waals surface area contributed by atoms with Crippen molar-refractivity contribution in [1.82, 2.24) is 5.32 Å². The molecule has 1 fully saturated rings. The van der Waals surface area contributed by atoms with Crippen LogP contribution in [0.15, 0.2) is 18.2 Å². The molecule has 0 saturated carbocycles. The second kappa shape index (κ2) is 11.4. The molecule has 1 amide bonds. The van der Waals surface area contributed by atoms with Gasteiger partial charge in [0.1, 0.15) is 6.10 Å². The molecule has 0 aromatic heterocycles. The quantitative estimate of drug-likeness (QED) is 0.695. The Balaban J connectivity index is 0.00000288.